The average Bonchev–Trinajstić information content (AvgIpc) is 2.84. The van der Waals surface area contributed by atoms with Gasteiger partial charge in [-0.25, -0.2) is 0 Å². The van der Waals surface area contributed by atoms with Gasteiger partial charge in [-0.3, -0.25) is 0 Å². The van der Waals surface area contributed by atoms with Crippen LogP contribution in [0.25, 0.3) is 0 Å². The Morgan fingerprint density at radius 3 is 2.65 bits per heavy atom. The van der Waals surface area contributed by atoms with Crippen molar-refractivity contribution in [2.45, 2.75) is 56.2 Å². The van der Waals surface area contributed by atoms with E-state index in [1.54, 1.807) is 0 Å². The van der Waals surface area contributed by atoms with Crippen LogP contribution in [-0.2, 0) is 9.47 Å². The van der Waals surface area contributed by atoms with Gasteiger partial charge in [0.05, 0.1) is 0 Å². The quantitative estimate of drug-likeness (QED) is 0.785. The molecule has 110 valence electrons. The zero-order valence-electron chi connectivity index (χ0n) is 12.2. The van der Waals surface area contributed by atoms with Crippen LogP contribution in [0.5, 0.6) is 0 Å². The van der Waals surface area contributed by atoms with Crippen molar-refractivity contribution < 1.29 is 9.47 Å². The summed E-state index contributed by atoms with van der Waals surface area (Å²) in [6, 6.07) is 10.8. The van der Waals surface area contributed by atoms with Gasteiger partial charge in [0.25, 0.3) is 0 Å². The van der Waals surface area contributed by atoms with E-state index in [0.29, 0.717) is 26.5 Å². The summed E-state index contributed by atoms with van der Waals surface area (Å²) >= 11 is 0.518. The molecule has 2 atom stereocenters. The van der Waals surface area contributed by atoms with E-state index in [4.69, 9.17) is 9.47 Å². The third kappa shape index (κ3) is 3.12. The third-order valence-corrected chi connectivity index (χ3v) is 7.09. The van der Waals surface area contributed by atoms with Crippen LogP contribution in [0, 0.1) is 5.41 Å². The van der Waals surface area contributed by atoms with Gasteiger partial charge in [-0.15, -0.1) is 0 Å². The molecule has 1 spiro atoms. The molecule has 1 saturated heterocycles. The van der Waals surface area contributed by atoms with Gasteiger partial charge < -0.3 is 0 Å². The van der Waals surface area contributed by atoms with Crippen LogP contribution in [0.15, 0.2) is 30.3 Å². The van der Waals surface area contributed by atoms with E-state index in [1.807, 2.05) is 7.11 Å². The number of ether oxygens (including phenoxy) is 2. The van der Waals surface area contributed by atoms with Gasteiger partial charge in [0.2, 0.25) is 0 Å². The Hall–Kier alpha value is -0.341. The van der Waals surface area contributed by atoms with Crippen molar-refractivity contribution in [3.63, 3.8) is 0 Å². The van der Waals surface area contributed by atoms with Crippen molar-refractivity contribution in [3.05, 3.63) is 30.3 Å². The summed E-state index contributed by atoms with van der Waals surface area (Å²) in [4.78, 5) is 0. The van der Waals surface area contributed by atoms with Crippen LogP contribution in [0.2, 0.25) is 5.32 Å². The molecule has 0 radical (unpaired) electrons. The number of hydrogen-bond acceptors (Lipinski definition) is 2. The molecule has 1 aromatic rings. The molecule has 2 fully saturated rings. The molecular formula is C17H24O2Se. The van der Waals surface area contributed by atoms with E-state index in [0.717, 1.165) is 0 Å². The van der Waals surface area contributed by atoms with Crippen molar-refractivity contribution >= 4 is 19.4 Å². The predicted molar refractivity (Wildman–Crippen MR) is 82.4 cm³/mol. The number of methoxy groups -OCH3 is 1. The van der Waals surface area contributed by atoms with Gasteiger partial charge in [0.1, 0.15) is 0 Å². The topological polar surface area (TPSA) is 18.5 Å². The number of benzene rings is 1. The van der Waals surface area contributed by atoms with Crippen molar-refractivity contribution in [1.29, 1.82) is 0 Å². The summed E-state index contributed by atoms with van der Waals surface area (Å²) in [5, 5.41) is 1.18. The molecule has 3 rings (SSSR count). The first-order valence-electron chi connectivity index (χ1n) is 7.68. The fraction of sp³-hybridized carbons (Fsp3) is 0.647. The molecule has 20 heavy (non-hydrogen) atoms. The van der Waals surface area contributed by atoms with E-state index in [2.05, 4.69) is 30.3 Å². The molecule has 0 bridgehead atoms. The molecule has 0 amide bonds. The van der Waals surface area contributed by atoms with Gasteiger partial charge in [0.15, 0.2) is 0 Å². The van der Waals surface area contributed by atoms with Gasteiger partial charge in [-0.1, -0.05) is 0 Å². The maximum absolute atomic E-state index is 6.22. The van der Waals surface area contributed by atoms with Gasteiger partial charge in [0, 0.05) is 0 Å². The summed E-state index contributed by atoms with van der Waals surface area (Å²) in [7, 11) is 1.81. The zero-order chi connectivity index (χ0) is 13.8. The molecule has 1 saturated carbocycles. The van der Waals surface area contributed by atoms with E-state index in [1.165, 1.54) is 48.3 Å². The minimum absolute atomic E-state index is 0.0411. The SMILES string of the molecule is CO[C@@H]1O[C@@H](C[Se]c2ccccc2)CC12CCCCC2. The van der Waals surface area contributed by atoms with Crippen molar-refractivity contribution in [2.75, 3.05) is 7.11 Å². The molecular weight excluding hydrogens is 315 g/mol. The summed E-state index contributed by atoms with van der Waals surface area (Å²) in [6.45, 7) is 0. The van der Waals surface area contributed by atoms with Crippen molar-refractivity contribution in [1.82, 2.24) is 0 Å². The normalized spacial score (nSPS) is 28.9. The Morgan fingerprint density at radius 1 is 1.20 bits per heavy atom. The summed E-state index contributed by atoms with van der Waals surface area (Å²) in [5.74, 6) is 0. The van der Waals surface area contributed by atoms with Crippen LogP contribution in [0.1, 0.15) is 38.5 Å². The standard InChI is InChI=1S/C17H24O2Se/c1-18-16-17(10-6-3-7-11-17)12-14(19-16)13-20-15-8-4-2-5-9-15/h2,4-5,8-9,14,16H,3,6-7,10-13H2,1H3/t14-,16-/m1/s1. The zero-order valence-corrected chi connectivity index (χ0v) is 13.9. The van der Waals surface area contributed by atoms with Crippen LogP contribution >= 0.6 is 0 Å². The summed E-state index contributed by atoms with van der Waals surface area (Å²) < 4.78 is 13.4. The second-order valence-corrected chi connectivity index (χ2v) is 8.37. The second-order valence-electron chi connectivity index (χ2n) is 6.08. The predicted octanol–water partition coefficient (Wildman–Crippen LogP) is 3.15. The Balaban J connectivity index is 1.59. The van der Waals surface area contributed by atoms with E-state index in [-0.39, 0.29) is 6.29 Å². The van der Waals surface area contributed by atoms with Gasteiger partial charge >= 0.3 is 128 Å². The Bertz CT molecular complexity index is 414. The molecule has 2 aliphatic rings. The number of hydrogen-bond donors (Lipinski definition) is 0. The Labute approximate surface area is 128 Å². The summed E-state index contributed by atoms with van der Waals surface area (Å²) in [6.07, 6.45) is 8.31. The first-order valence-corrected chi connectivity index (χ1v) is 9.75. The molecule has 0 unspecified atom stereocenters. The monoisotopic (exact) mass is 340 g/mol. The third-order valence-electron chi connectivity index (χ3n) is 4.69. The molecule has 0 N–H and O–H groups in total. The average molecular weight is 339 g/mol. The number of rotatable bonds is 4. The molecule has 1 aliphatic heterocycles. The van der Waals surface area contributed by atoms with E-state index < -0.39 is 0 Å². The minimum atomic E-state index is 0.0411. The van der Waals surface area contributed by atoms with Crippen molar-refractivity contribution in [2.24, 2.45) is 5.41 Å². The molecule has 0 aromatic heterocycles. The van der Waals surface area contributed by atoms with Crippen LogP contribution < -0.4 is 4.46 Å². The molecule has 1 heterocycles. The molecule has 1 aliphatic carbocycles. The first kappa shape index (κ1) is 14.6. The van der Waals surface area contributed by atoms with Crippen LogP contribution in [-0.4, -0.2) is 34.5 Å². The van der Waals surface area contributed by atoms with Crippen LogP contribution in [0.4, 0.5) is 0 Å². The fourth-order valence-corrected chi connectivity index (χ4v) is 5.66. The fourth-order valence-electron chi connectivity index (χ4n) is 3.72. The molecule has 1 aromatic carbocycles. The maximum atomic E-state index is 6.22. The van der Waals surface area contributed by atoms with Crippen LogP contribution in [0.3, 0.4) is 0 Å². The molecule has 3 heteroatoms. The second kappa shape index (κ2) is 6.61. The Morgan fingerprint density at radius 2 is 1.95 bits per heavy atom. The van der Waals surface area contributed by atoms with Crippen molar-refractivity contribution in [3.8, 4) is 0 Å². The molecule has 2 nitrogen and oxygen atoms in total. The van der Waals surface area contributed by atoms with Gasteiger partial charge in [-0.2, -0.15) is 0 Å². The van der Waals surface area contributed by atoms with E-state index in [9.17, 15) is 0 Å². The summed E-state index contributed by atoms with van der Waals surface area (Å²) in [5.41, 5.74) is 0.324. The first-order chi connectivity index (χ1) is 9.82. The van der Waals surface area contributed by atoms with E-state index >= 15 is 0 Å². The Kier molecular flexibility index (Phi) is 4.83. The van der Waals surface area contributed by atoms with Gasteiger partial charge in [-0.05, 0) is 0 Å².